The highest BCUT2D eigenvalue weighted by Crippen LogP contribution is 2.60. The van der Waals surface area contributed by atoms with Crippen molar-refractivity contribution in [1.29, 1.82) is 0 Å². The van der Waals surface area contributed by atoms with Gasteiger partial charge < -0.3 is 29.7 Å². The van der Waals surface area contributed by atoms with Crippen LogP contribution in [0.4, 0.5) is 5.69 Å². The summed E-state index contributed by atoms with van der Waals surface area (Å²) < 4.78 is 12.3. The number of nitrogens with one attached hydrogen (secondary N) is 1. The van der Waals surface area contributed by atoms with Crippen LogP contribution in [0.15, 0.2) is 43.5 Å². The molecule has 1 spiro atoms. The van der Waals surface area contributed by atoms with E-state index in [0.29, 0.717) is 36.4 Å². The standard InChI is InChI=1S/C32H41BrClN3O7/c1-5-7-13-23(39)35-18-20(4)43-31(42)24-25-29(40)37(15-8-9-16-38)28(32(25)17-21(33)27(24)44-32)30(41)36(14-6-2)26-19(3)11-10-12-22(26)34/h5-6,10-12,20-21,24-25,27-28,38H,1-2,7-9,13-18H2,3-4H3,(H,35,39)/t20-,21?,24-,25+,27-,28-,32+/m0/s1. The molecule has 2 bridgehead atoms. The Hall–Kier alpha value is -2.73. The van der Waals surface area contributed by atoms with Crippen molar-refractivity contribution < 1.29 is 33.8 Å². The normalized spacial score (nSPS) is 27.5. The molecule has 240 valence electrons. The molecule has 7 atom stereocenters. The minimum absolute atomic E-state index is 0.0599. The molecule has 0 aromatic heterocycles. The van der Waals surface area contributed by atoms with E-state index in [4.69, 9.17) is 21.1 Å². The van der Waals surface area contributed by atoms with Gasteiger partial charge in [0.2, 0.25) is 11.8 Å². The largest absolute Gasteiger partial charge is 0.460 e. The third-order valence-electron chi connectivity index (χ3n) is 8.62. The zero-order valence-electron chi connectivity index (χ0n) is 25.2. The van der Waals surface area contributed by atoms with Crippen molar-refractivity contribution in [3.05, 3.63) is 54.1 Å². The zero-order chi connectivity index (χ0) is 32.2. The molecule has 1 aromatic rings. The van der Waals surface area contributed by atoms with Gasteiger partial charge >= 0.3 is 5.97 Å². The molecular formula is C32H41BrClN3O7. The Morgan fingerprint density at radius 2 is 2.07 bits per heavy atom. The maximum absolute atomic E-state index is 14.7. The van der Waals surface area contributed by atoms with Crippen LogP contribution in [0.5, 0.6) is 0 Å². The van der Waals surface area contributed by atoms with E-state index < -0.39 is 41.7 Å². The molecule has 4 rings (SSSR count). The van der Waals surface area contributed by atoms with Crippen LogP contribution in [-0.2, 0) is 28.7 Å². The molecule has 44 heavy (non-hydrogen) atoms. The number of rotatable bonds is 15. The molecule has 1 unspecified atom stereocenters. The number of allylic oxidation sites excluding steroid dienone is 1. The van der Waals surface area contributed by atoms with Gasteiger partial charge in [-0.25, -0.2) is 0 Å². The molecule has 1 aromatic carbocycles. The number of alkyl halides is 1. The average Bonchev–Trinajstić information content (AvgIpc) is 3.57. The fraction of sp³-hybridized carbons (Fsp3) is 0.562. The van der Waals surface area contributed by atoms with E-state index in [-0.39, 0.29) is 55.2 Å². The second-order valence-corrected chi connectivity index (χ2v) is 13.2. The zero-order valence-corrected chi connectivity index (χ0v) is 27.5. The van der Waals surface area contributed by atoms with Crippen LogP contribution in [-0.4, -0.2) is 88.6 Å². The van der Waals surface area contributed by atoms with Gasteiger partial charge in [0.25, 0.3) is 5.91 Å². The number of nitrogens with zero attached hydrogens (tertiary/aromatic N) is 2. The molecule has 3 saturated heterocycles. The smallest absolute Gasteiger partial charge is 0.312 e. The van der Waals surface area contributed by atoms with Crippen molar-refractivity contribution in [1.82, 2.24) is 10.2 Å². The molecule has 3 fully saturated rings. The highest BCUT2D eigenvalue weighted by Gasteiger charge is 2.77. The third-order valence-corrected chi connectivity index (χ3v) is 9.77. The number of hydrogen-bond donors (Lipinski definition) is 2. The topological polar surface area (TPSA) is 125 Å². The van der Waals surface area contributed by atoms with Crippen molar-refractivity contribution in [3.8, 4) is 0 Å². The highest BCUT2D eigenvalue weighted by molar-refractivity contribution is 9.09. The lowest BCUT2D eigenvalue weighted by atomic mass is 9.70. The van der Waals surface area contributed by atoms with E-state index in [0.717, 1.165) is 5.56 Å². The van der Waals surface area contributed by atoms with Gasteiger partial charge in [0.05, 0.1) is 35.2 Å². The predicted octanol–water partition coefficient (Wildman–Crippen LogP) is 3.70. The summed E-state index contributed by atoms with van der Waals surface area (Å²) in [5.74, 6) is -3.42. The van der Waals surface area contributed by atoms with E-state index in [1.54, 1.807) is 31.2 Å². The summed E-state index contributed by atoms with van der Waals surface area (Å²) in [6.07, 6.45) is 3.97. The Kier molecular flexibility index (Phi) is 11.3. The van der Waals surface area contributed by atoms with Crippen LogP contribution in [0.25, 0.3) is 0 Å². The fourth-order valence-electron chi connectivity index (χ4n) is 6.74. The van der Waals surface area contributed by atoms with E-state index in [1.165, 1.54) is 9.80 Å². The lowest BCUT2D eigenvalue weighted by Crippen LogP contribution is -2.57. The quantitative estimate of drug-likeness (QED) is 0.124. The number of carbonyl (C=O) groups excluding carboxylic acids is 4. The number of ether oxygens (including phenoxy) is 2. The SMILES string of the molecule is C=CCCC(=O)NC[C@H](C)OC(=O)[C@@H]1[C@H]2O[C@@]3(CC2Br)[C@H](C(=O)N(CC=C)c2c(C)cccc2Cl)N(CCCCO)C(=O)[C@@H]13. The minimum Gasteiger partial charge on any atom is -0.460 e. The Morgan fingerprint density at radius 1 is 1.32 bits per heavy atom. The molecular weight excluding hydrogens is 654 g/mol. The first-order chi connectivity index (χ1) is 21.0. The molecule has 3 amide bonds. The number of fused-ring (bicyclic) bond motifs is 1. The van der Waals surface area contributed by atoms with E-state index in [9.17, 15) is 24.3 Å². The van der Waals surface area contributed by atoms with Crippen LogP contribution >= 0.6 is 27.5 Å². The second kappa shape index (κ2) is 14.6. The van der Waals surface area contributed by atoms with Crippen molar-refractivity contribution in [2.45, 2.75) is 74.6 Å². The predicted molar refractivity (Wildman–Crippen MR) is 170 cm³/mol. The summed E-state index contributed by atoms with van der Waals surface area (Å²) in [6.45, 7) is 11.4. The molecule has 12 heteroatoms. The summed E-state index contributed by atoms with van der Waals surface area (Å²) in [7, 11) is 0. The van der Waals surface area contributed by atoms with Gasteiger partial charge in [0.15, 0.2) is 0 Å². The number of amides is 3. The number of hydrogen-bond acceptors (Lipinski definition) is 7. The number of aryl methyl sites for hydroxylation is 1. The number of esters is 1. The molecule has 3 aliphatic rings. The van der Waals surface area contributed by atoms with E-state index in [1.807, 2.05) is 13.0 Å². The van der Waals surface area contributed by atoms with Gasteiger partial charge in [-0.2, -0.15) is 0 Å². The van der Waals surface area contributed by atoms with Crippen LogP contribution < -0.4 is 10.2 Å². The summed E-state index contributed by atoms with van der Waals surface area (Å²) in [4.78, 5) is 57.4. The Labute approximate surface area is 271 Å². The summed E-state index contributed by atoms with van der Waals surface area (Å²) in [5, 5.41) is 12.6. The Balaban J connectivity index is 1.66. The number of para-hydroxylation sites is 1. The lowest BCUT2D eigenvalue weighted by Gasteiger charge is -2.37. The number of unbranched alkanes of at least 4 members (excludes halogenated alkanes) is 1. The number of anilines is 1. The van der Waals surface area contributed by atoms with Gasteiger partial charge in [-0.05, 0) is 51.2 Å². The minimum atomic E-state index is -1.29. The maximum Gasteiger partial charge on any atom is 0.312 e. The van der Waals surface area contributed by atoms with Crippen molar-refractivity contribution in [2.75, 3.05) is 31.1 Å². The molecule has 10 nitrogen and oxygen atoms in total. The van der Waals surface area contributed by atoms with Crippen molar-refractivity contribution in [2.24, 2.45) is 11.8 Å². The third kappa shape index (κ3) is 6.47. The van der Waals surface area contributed by atoms with Gasteiger partial charge in [-0.1, -0.05) is 51.8 Å². The first kappa shape index (κ1) is 34.1. The Morgan fingerprint density at radius 3 is 2.73 bits per heavy atom. The molecule has 0 saturated carbocycles. The molecule has 2 N–H and O–H groups in total. The van der Waals surface area contributed by atoms with Crippen molar-refractivity contribution >= 4 is 56.9 Å². The van der Waals surface area contributed by atoms with Crippen LogP contribution in [0.2, 0.25) is 5.02 Å². The number of carbonyl (C=O) groups is 4. The van der Waals surface area contributed by atoms with Gasteiger partial charge in [0, 0.05) is 30.9 Å². The fourth-order valence-corrected chi connectivity index (χ4v) is 8.01. The second-order valence-electron chi connectivity index (χ2n) is 11.6. The van der Waals surface area contributed by atoms with Gasteiger partial charge in [-0.3, -0.25) is 19.2 Å². The number of halogens is 2. The summed E-state index contributed by atoms with van der Waals surface area (Å²) >= 11 is 10.3. The van der Waals surface area contributed by atoms with Crippen LogP contribution in [0.1, 0.15) is 44.6 Å². The molecule has 0 aliphatic carbocycles. The first-order valence-corrected chi connectivity index (χ1v) is 16.3. The molecule has 0 radical (unpaired) electrons. The maximum atomic E-state index is 14.7. The number of aliphatic hydroxyl groups excluding tert-OH is 1. The van der Waals surface area contributed by atoms with Crippen LogP contribution in [0.3, 0.4) is 0 Å². The number of benzene rings is 1. The summed E-state index contributed by atoms with van der Waals surface area (Å²) in [5.41, 5.74) is 0.0107. The van der Waals surface area contributed by atoms with Crippen molar-refractivity contribution in [3.63, 3.8) is 0 Å². The van der Waals surface area contributed by atoms with Gasteiger partial charge in [0.1, 0.15) is 17.7 Å². The van der Waals surface area contributed by atoms with Gasteiger partial charge in [-0.15, -0.1) is 13.2 Å². The number of likely N-dealkylation sites (tertiary alicyclic amines) is 1. The average molecular weight is 695 g/mol. The highest BCUT2D eigenvalue weighted by atomic mass is 79.9. The first-order valence-electron chi connectivity index (χ1n) is 15.0. The van der Waals surface area contributed by atoms with E-state index in [2.05, 4.69) is 34.4 Å². The van der Waals surface area contributed by atoms with E-state index >= 15 is 0 Å². The summed E-state index contributed by atoms with van der Waals surface area (Å²) in [6, 6.07) is 4.31. The molecule has 3 heterocycles. The molecule has 3 aliphatic heterocycles. The van der Waals surface area contributed by atoms with Crippen LogP contribution in [0, 0.1) is 18.8 Å². The monoisotopic (exact) mass is 693 g/mol. The Bertz CT molecular complexity index is 1270. The lowest BCUT2D eigenvalue weighted by molar-refractivity contribution is -0.159. The number of aliphatic hydroxyl groups is 1.